The van der Waals surface area contributed by atoms with Gasteiger partial charge in [-0.25, -0.2) is 9.37 Å². The molecule has 4 nitrogen and oxygen atoms in total. The van der Waals surface area contributed by atoms with Crippen LogP contribution in [-0.2, 0) is 19.0 Å². The second kappa shape index (κ2) is 6.73. The van der Waals surface area contributed by atoms with Gasteiger partial charge in [-0.05, 0) is 55.0 Å². The highest BCUT2D eigenvalue weighted by atomic mass is 32.1. The molecule has 2 heterocycles. The second-order valence-electron chi connectivity index (χ2n) is 6.61. The molecule has 0 spiro atoms. The number of nitrogens with two attached hydrogens (primary N) is 1. The molecule has 1 aliphatic rings. The minimum Gasteiger partial charge on any atom is -0.397 e. The summed E-state index contributed by atoms with van der Waals surface area (Å²) in [6.07, 6.45) is -2.42. The number of benzene rings is 1. The van der Waals surface area contributed by atoms with Crippen LogP contribution in [0.4, 0.5) is 28.9 Å². The molecule has 4 rings (SSSR count). The van der Waals surface area contributed by atoms with Gasteiger partial charge in [-0.3, -0.25) is 4.79 Å². The number of hydrogen-bond acceptors (Lipinski definition) is 4. The van der Waals surface area contributed by atoms with Crippen LogP contribution in [0, 0.1) is 5.82 Å². The zero-order chi connectivity index (χ0) is 20.1. The summed E-state index contributed by atoms with van der Waals surface area (Å²) < 4.78 is 53.8. The van der Waals surface area contributed by atoms with Crippen LogP contribution in [0.2, 0.25) is 0 Å². The lowest BCUT2D eigenvalue weighted by atomic mass is 9.88. The van der Waals surface area contributed by atoms with E-state index in [4.69, 9.17) is 5.73 Å². The molecule has 1 aliphatic carbocycles. The molecule has 3 aromatic rings. The quantitative estimate of drug-likeness (QED) is 0.574. The molecule has 0 saturated carbocycles. The Morgan fingerprint density at radius 2 is 1.89 bits per heavy atom. The van der Waals surface area contributed by atoms with Gasteiger partial charge in [0.15, 0.2) is 0 Å². The van der Waals surface area contributed by atoms with Gasteiger partial charge in [0.25, 0.3) is 5.91 Å². The molecule has 2 aromatic heterocycles. The summed E-state index contributed by atoms with van der Waals surface area (Å²) >= 11 is 0.817. The van der Waals surface area contributed by atoms with E-state index >= 15 is 0 Å². The molecule has 0 atom stereocenters. The number of thiophene rings is 1. The zero-order valence-electron chi connectivity index (χ0n) is 14.5. The van der Waals surface area contributed by atoms with Crippen molar-refractivity contribution < 1.29 is 22.4 Å². The van der Waals surface area contributed by atoms with Crippen molar-refractivity contribution in [2.24, 2.45) is 0 Å². The fourth-order valence-corrected chi connectivity index (χ4v) is 4.59. The van der Waals surface area contributed by atoms with Gasteiger partial charge < -0.3 is 11.1 Å². The molecule has 1 amide bonds. The first-order chi connectivity index (χ1) is 13.3. The third-order valence-corrected chi connectivity index (χ3v) is 5.85. The molecule has 146 valence electrons. The molecule has 3 N–H and O–H groups in total. The number of aromatic nitrogens is 1. The maximum Gasteiger partial charge on any atom is 0.433 e. The first-order valence-corrected chi connectivity index (χ1v) is 9.45. The number of anilines is 2. The number of pyridine rings is 1. The Morgan fingerprint density at radius 3 is 2.57 bits per heavy atom. The fourth-order valence-electron chi connectivity index (χ4n) is 3.57. The number of halogens is 4. The molecular weight excluding hydrogens is 394 g/mol. The van der Waals surface area contributed by atoms with Gasteiger partial charge in [0.2, 0.25) is 0 Å². The summed E-state index contributed by atoms with van der Waals surface area (Å²) in [5.41, 5.74) is 6.32. The third kappa shape index (κ3) is 3.19. The normalized spacial score (nSPS) is 14.1. The van der Waals surface area contributed by atoms with E-state index in [-0.39, 0.29) is 33.1 Å². The van der Waals surface area contributed by atoms with Crippen molar-refractivity contribution in [3.63, 3.8) is 0 Å². The Bertz CT molecular complexity index is 1090. The minimum atomic E-state index is -4.57. The average molecular weight is 409 g/mol. The van der Waals surface area contributed by atoms with E-state index in [1.807, 2.05) is 0 Å². The lowest BCUT2D eigenvalue weighted by Crippen LogP contribution is -2.17. The lowest BCUT2D eigenvalue weighted by molar-refractivity contribution is -0.141. The van der Waals surface area contributed by atoms with Gasteiger partial charge in [-0.15, -0.1) is 11.3 Å². The number of nitrogen functional groups attached to an aromatic ring is 1. The Balaban J connectivity index is 1.83. The van der Waals surface area contributed by atoms with Crippen molar-refractivity contribution in [2.75, 3.05) is 11.1 Å². The third-order valence-electron chi connectivity index (χ3n) is 4.75. The fraction of sp³-hybridized carbons (Fsp3) is 0.263. The number of carbonyl (C=O) groups is 1. The van der Waals surface area contributed by atoms with Crippen molar-refractivity contribution in [1.82, 2.24) is 4.98 Å². The molecule has 9 heteroatoms. The molecule has 0 fully saturated rings. The van der Waals surface area contributed by atoms with Crippen molar-refractivity contribution in [2.45, 2.75) is 31.9 Å². The number of alkyl halides is 3. The highest BCUT2D eigenvalue weighted by Gasteiger charge is 2.38. The van der Waals surface area contributed by atoms with E-state index in [1.165, 1.54) is 18.2 Å². The van der Waals surface area contributed by atoms with Crippen LogP contribution >= 0.6 is 11.3 Å². The van der Waals surface area contributed by atoms with Gasteiger partial charge in [-0.1, -0.05) is 6.07 Å². The molecular formula is C19H15F4N3OS. The Morgan fingerprint density at radius 1 is 1.18 bits per heavy atom. The van der Waals surface area contributed by atoms with E-state index in [0.29, 0.717) is 23.8 Å². The van der Waals surface area contributed by atoms with Gasteiger partial charge in [0.1, 0.15) is 21.2 Å². The summed E-state index contributed by atoms with van der Waals surface area (Å²) in [6, 6.07) is 5.32. The van der Waals surface area contributed by atoms with E-state index in [0.717, 1.165) is 23.8 Å². The number of nitrogens with zero attached hydrogens (tertiary/aromatic N) is 1. The van der Waals surface area contributed by atoms with Gasteiger partial charge in [0.05, 0.1) is 5.69 Å². The van der Waals surface area contributed by atoms with Crippen LogP contribution in [0.15, 0.2) is 24.3 Å². The van der Waals surface area contributed by atoms with E-state index in [2.05, 4.69) is 10.3 Å². The summed E-state index contributed by atoms with van der Waals surface area (Å²) in [4.78, 5) is 16.6. The topological polar surface area (TPSA) is 68.0 Å². The van der Waals surface area contributed by atoms with E-state index in [9.17, 15) is 22.4 Å². The largest absolute Gasteiger partial charge is 0.433 e. The van der Waals surface area contributed by atoms with E-state index < -0.39 is 23.6 Å². The Hall–Kier alpha value is -2.68. The Kier molecular flexibility index (Phi) is 4.49. The number of carbonyl (C=O) groups excluding carboxylic acids is 1. The SMILES string of the molecule is Nc1c(C(=O)Nc2cccc(F)c2)sc2nc(C(F)(F)F)c3c(c12)CCCC3. The van der Waals surface area contributed by atoms with Crippen molar-refractivity contribution in [3.05, 3.63) is 51.8 Å². The number of nitrogens with one attached hydrogen (secondary N) is 1. The average Bonchev–Trinajstić information content (AvgIpc) is 2.97. The predicted molar refractivity (Wildman–Crippen MR) is 100 cm³/mol. The minimum absolute atomic E-state index is 0.0684. The summed E-state index contributed by atoms with van der Waals surface area (Å²) in [5, 5.41) is 2.96. The maximum atomic E-state index is 13.5. The summed E-state index contributed by atoms with van der Waals surface area (Å²) in [7, 11) is 0. The number of hydrogen-bond donors (Lipinski definition) is 2. The van der Waals surface area contributed by atoms with Gasteiger partial charge >= 0.3 is 6.18 Å². The standard InChI is InChI=1S/C19H15F4N3OS/c20-9-4-3-5-10(8-9)25-17(27)15-14(24)13-11-6-1-2-7-12(11)16(19(21,22)23)26-18(13)28-15/h3-5,8H,1-2,6-7,24H2,(H,25,27). The zero-order valence-corrected chi connectivity index (χ0v) is 15.3. The smallest absolute Gasteiger partial charge is 0.397 e. The molecule has 0 aliphatic heterocycles. The van der Waals surface area contributed by atoms with Gasteiger partial charge in [0, 0.05) is 11.1 Å². The highest BCUT2D eigenvalue weighted by molar-refractivity contribution is 7.21. The van der Waals surface area contributed by atoms with Crippen LogP contribution in [0.5, 0.6) is 0 Å². The van der Waals surface area contributed by atoms with Crippen molar-refractivity contribution in [1.29, 1.82) is 0 Å². The first kappa shape index (κ1) is 18.7. The summed E-state index contributed by atoms with van der Waals surface area (Å²) in [5.74, 6) is -1.13. The number of fused-ring (bicyclic) bond motifs is 3. The maximum absolute atomic E-state index is 13.5. The summed E-state index contributed by atoms with van der Waals surface area (Å²) in [6.45, 7) is 0. The van der Waals surface area contributed by atoms with Crippen LogP contribution < -0.4 is 11.1 Å². The number of aryl methyl sites for hydroxylation is 1. The lowest BCUT2D eigenvalue weighted by Gasteiger charge is -2.21. The molecule has 28 heavy (non-hydrogen) atoms. The van der Waals surface area contributed by atoms with E-state index in [1.54, 1.807) is 0 Å². The highest BCUT2D eigenvalue weighted by Crippen LogP contribution is 2.43. The Labute approximate surface area is 161 Å². The molecule has 0 radical (unpaired) electrons. The number of amides is 1. The molecule has 0 bridgehead atoms. The predicted octanol–water partition coefficient (Wildman–Crippen LogP) is 5.17. The van der Waals surface area contributed by atoms with Crippen LogP contribution in [0.3, 0.4) is 0 Å². The first-order valence-electron chi connectivity index (χ1n) is 8.63. The van der Waals surface area contributed by atoms with Crippen molar-refractivity contribution >= 4 is 38.8 Å². The van der Waals surface area contributed by atoms with Crippen molar-refractivity contribution in [3.8, 4) is 0 Å². The van der Waals surface area contributed by atoms with Crippen LogP contribution in [0.1, 0.15) is 39.3 Å². The van der Waals surface area contributed by atoms with Crippen LogP contribution in [-0.4, -0.2) is 10.9 Å². The molecule has 1 aromatic carbocycles. The second-order valence-corrected chi connectivity index (χ2v) is 7.61. The molecule has 0 unspecified atom stereocenters. The van der Waals surface area contributed by atoms with Crippen LogP contribution in [0.25, 0.3) is 10.2 Å². The number of rotatable bonds is 2. The van der Waals surface area contributed by atoms with Gasteiger partial charge in [-0.2, -0.15) is 13.2 Å². The molecule has 0 saturated heterocycles. The monoisotopic (exact) mass is 409 g/mol.